The standard InChI is InChI=1S/C17H34FN3O2.C2H6/c1-4-15(17(23-3)16(19)14-18)8-6-7-11-21(5-2)12-9-20-10-13-22;1-2/h4,6,8,16-17,20,22H,5,7,9-14,19H2,1-3H3;1-2H3/b8-6-,15-4+;. The number of ether oxygens (including phenoxy) is 1. The van der Waals surface area contributed by atoms with E-state index in [1.807, 2.05) is 32.9 Å². The number of allylic oxidation sites excluding steroid dienone is 1. The summed E-state index contributed by atoms with van der Waals surface area (Å²) in [5.41, 5.74) is 6.66. The van der Waals surface area contributed by atoms with Gasteiger partial charge < -0.3 is 25.8 Å². The monoisotopic (exact) mass is 361 g/mol. The van der Waals surface area contributed by atoms with Crippen molar-refractivity contribution in [1.29, 1.82) is 0 Å². The predicted molar refractivity (Wildman–Crippen MR) is 106 cm³/mol. The molecule has 5 nitrogen and oxygen atoms in total. The van der Waals surface area contributed by atoms with Crippen LogP contribution in [0.3, 0.4) is 0 Å². The van der Waals surface area contributed by atoms with E-state index in [1.54, 1.807) is 7.11 Å². The van der Waals surface area contributed by atoms with E-state index in [4.69, 9.17) is 15.6 Å². The Morgan fingerprint density at radius 1 is 1.32 bits per heavy atom. The average molecular weight is 362 g/mol. The van der Waals surface area contributed by atoms with Crippen LogP contribution >= 0.6 is 0 Å². The fourth-order valence-corrected chi connectivity index (χ4v) is 2.34. The molecule has 0 aromatic rings. The summed E-state index contributed by atoms with van der Waals surface area (Å²) >= 11 is 0. The third kappa shape index (κ3) is 13.1. The largest absolute Gasteiger partial charge is 0.395 e. The van der Waals surface area contributed by atoms with Crippen LogP contribution in [0.1, 0.15) is 34.1 Å². The van der Waals surface area contributed by atoms with Gasteiger partial charge in [0, 0.05) is 33.3 Å². The van der Waals surface area contributed by atoms with Crippen LogP contribution in [-0.4, -0.2) is 75.3 Å². The van der Waals surface area contributed by atoms with Gasteiger partial charge >= 0.3 is 0 Å². The lowest BCUT2D eigenvalue weighted by atomic mass is 10.0. The van der Waals surface area contributed by atoms with Crippen LogP contribution in [0.15, 0.2) is 23.8 Å². The van der Waals surface area contributed by atoms with Crippen LogP contribution in [0.2, 0.25) is 0 Å². The van der Waals surface area contributed by atoms with Gasteiger partial charge in [-0.25, -0.2) is 4.39 Å². The number of hydrogen-bond donors (Lipinski definition) is 3. The summed E-state index contributed by atoms with van der Waals surface area (Å²) in [7, 11) is 1.55. The van der Waals surface area contributed by atoms with Crippen molar-refractivity contribution in [2.24, 2.45) is 5.73 Å². The Bertz CT molecular complexity index is 339. The van der Waals surface area contributed by atoms with Crippen molar-refractivity contribution in [3.63, 3.8) is 0 Å². The zero-order valence-electron chi connectivity index (χ0n) is 16.8. The molecule has 25 heavy (non-hydrogen) atoms. The van der Waals surface area contributed by atoms with Gasteiger partial charge in [0.15, 0.2) is 0 Å². The second-order valence-corrected chi connectivity index (χ2v) is 5.36. The van der Waals surface area contributed by atoms with Crippen molar-refractivity contribution in [2.45, 2.75) is 46.3 Å². The fraction of sp³-hybridized carbons (Fsp3) is 0.789. The molecule has 0 radical (unpaired) electrons. The first-order valence-corrected chi connectivity index (χ1v) is 9.35. The maximum atomic E-state index is 12.7. The van der Waals surface area contributed by atoms with E-state index in [-0.39, 0.29) is 6.61 Å². The topological polar surface area (TPSA) is 70.8 Å². The summed E-state index contributed by atoms with van der Waals surface area (Å²) in [5, 5.41) is 11.9. The molecular weight excluding hydrogens is 321 g/mol. The number of nitrogens with one attached hydrogen (secondary N) is 1. The molecule has 150 valence electrons. The maximum Gasteiger partial charge on any atom is 0.107 e. The first-order chi connectivity index (χ1) is 12.1. The summed E-state index contributed by atoms with van der Waals surface area (Å²) < 4.78 is 18.1. The highest BCUT2D eigenvalue weighted by molar-refractivity contribution is 5.24. The van der Waals surface area contributed by atoms with E-state index in [0.29, 0.717) is 6.54 Å². The molecule has 0 saturated carbocycles. The lowest BCUT2D eigenvalue weighted by Gasteiger charge is -2.22. The van der Waals surface area contributed by atoms with Crippen LogP contribution in [-0.2, 0) is 4.74 Å². The van der Waals surface area contributed by atoms with E-state index in [9.17, 15) is 4.39 Å². The van der Waals surface area contributed by atoms with Crippen molar-refractivity contribution in [2.75, 3.05) is 53.1 Å². The molecule has 0 bridgehead atoms. The number of methoxy groups -OCH3 is 1. The van der Waals surface area contributed by atoms with Gasteiger partial charge in [0.1, 0.15) is 6.67 Å². The van der Waals surface area contributed by atoms with Crippen molar-refractivity contribution in [3.05, 3.63) is 23.8 Å². The normalized spacial score (nSPS) is 14.5. The summed E-state index contributed by atoms with van der Waals surface area (Å²) in [4.78, 5) is 2.34. The number of aliphatic hydroxyl groups excluding tert-OH is 1. The summed E-state index contributed by atoms with van der Waals surface area (Å²) in [5.74, 6) is 0. The van der Waals surface area contributed by atoms with Gasteiger partial charge in [0.2, 0.25) is 0 Å². The zero-order chi connectivity index (χ0) is 19.5. The highest BCUT2D eigenvalue weighted by atomic mass is 19.1. The number of nitrogens with two attached hydrogens (primary N) is 1. The highest BCUT2D eigenvalue weighted by Crippen LogP contribution is 2.12. The molecule has 0 heterocycles. The van der Waals surface area contributed by atoms with Gasteiger partial charge in [-0.2, -0.15) is 0 Å². The second-order valence-electron chi connectivity index (χ2n) is 5.36. The molecule has 0 aromatic carbocycles. The van der Waals surface area contributed by atoms with E-state index < -0.39 is 18.8 Å². The average Bonchev–Trinajstić information content (AvgIpc) is 2.66. The minimum Gasteiger partial charge on any atom is -0.395 e. The molecule has 0 aliphatic heterocycles. The molecule has 0 spiro atoms. The number of rotatable bonds is 14. The third-order valence-electron chi connectivity index (χ3n) is 3.75. The molecule has 0 aliphatic rings. The number of alkyl halides is 1. The molecular formula is C19H40FN3O2. The number of halogens is 1. The van der Waals surface area contributed by atoms with Crippen LogP contribution in [0.4, 0.5) is 4.39 Å². The SMILES string of the molecule is C/C=C(\C=C/CCN(CC)CCNCCO)C(OC)C(N)CF.CC. The van der Waals surface area contributed by atoms with Crippen molar-refractivity contribution < 1.29 is 14.2 Å². The number of likely N-dealkylation sites (N-methyl/N-ethyl adjacent to an activating group) is 1. The summed E-state index contributed by atoms with van der Waals surface area (Å²) in [6.07, 6.45) is 6.46. The lowest BCUT2D eigenvalue weighted by molar-refractivity contribution is 0.102. The maximum absolute atomic E-state index is 12.7. The summed E-state index contributed by atoms with van der Waals surface area (Å²) in [6, 6.07) is -0.638. The summed E-state index contributed by atoms with van der Waals surface area (Å²) in [6.45, 7) is 12.0. The smallest absolute Gasteiger partial charge is 0.107 e. The molecule has 0 saturated heterocycles. The minimum absolute atomic E-state index is 0.169. The minimum atomic E-state index is -0.638. The molecule has 0 amide bonds. The molecule has 0 fully saturated rings. The molecule has 0 aromatic heterocycles. The Hall–Kier alpha value is -0.790. The highest BCUT2D eigenvalue weighted by Gasteiger charge is 2.19. The number of aliphatic hydroxyl groups is 1. The number of hydrogen-bond acceptors (Lipinski definition) is 5. The molecule has 0 aliphatic carbocycles. The van der Waals surface area contributed by atoms with E-state index in [2.05, 4.69) is 23.2 Å². The molecule has 4 N–H and O–H groups in total. The zero-order valence-corrected chi connectivity index (χ0v) is 16.8. The van der Waals surface area contributed by atoms with Crippen LogP contribution in [0.5, 0.6) is 0 Å². The van der Waals surface area contributed by atoms with Gasteiger partial charge in [-0.1, -0.05) is 39.0 Å². The Balaban J connectivity index is 0. The molecule has 6 heteroatoms. The van der Waals surface area contributed by atoms with Crippen molar-refractivity contribution in [1.82, 2.24) is 10.2 Å². The molecule has 2 unspecified atom stereocenters. The van der Waals surface area contributed by atoms with Gasteiger partial charge in [-0.15, -0.1) is 0 Å². The van der Waals surface area contributed by atoms with Crippen LogP contribution in [0, 0.1) is 0 Å². The van der Waals surface area contributed by atoms with Crippen molar-refractivity contribution in [3.8, 4) is 0 Å². The third-order valence-corrected chi connectivity index (χ3v) is 3.75. The van der Waals surface area contributed by atoms with Crippen LogP contribution < -0.4 is 11.1 Å². The van der Waals surface area contributed by atoms with Crippen LogP contribution in [0.25, 0.3) is 0 Å². The predicted octanol–water partition coefficient (Wildman–Crippen LogP) is 2.12. The van der Waals surface area contributed by atoms with Crippen molar-refractivity contribution >= 4 is 0 Å². The van der Waals surface area contributed by atoms with Gasteiger partial charge in [-0.05, 0) is 25.5 Å². The van der Waals surface area contributed by atoms with Gasteiger partial charge in [0.25, 0.3) is 0 Å². The quantitative estimate of drug-likeness (QED) is 0.327. The van der Waals surface area contributed by atoms with E-state index >= 15 is 0 Å². The Morgan fingerprint density at radius 3 is 2.48 bits per heavy atom. The Kier molecular flexibility index (Phi) is 20.7. The second kappa shape index (κ2) is 19.5. The van der Waals surface area contributed by atoms with E-state index in [0.717, 1.165) is 38.2 Å². The molecule has 0 rings (SSSR count). The molecule has 2 atom stereocenters. The first kappa shape index (κ1) is 26.4. The van der Waals surface area contributed by atoms with E-state index in [1.165, 1.54) is 0 Å². The van der Waals surface area contributed by atoms with Gasteiger partial charge in [0.05, 0.1) is 18.8 Å². The Morgan fingerprint density at radius 2 is 2.00 bits per heavy atom. The first-order valence-electron chi connectivity index (χ1n) is 9.35. The fourth-order valence-electron chi connectivity index (χ4n) is 2.34. The van der Waals surface area contributed by atoms with Gasteiger partial charge in [-0.3, -0.25) is 0 Å². The lowest BCUT2D eigenvalue weighted by Crippen LogP contribution is -2.39. The number of nitrogens with zero attached hydrogens (tertiary/aromatic N) is 1. The Labute approximate surface area is 154 Å².